The highest BCUT2D eigenvalue weighted by atomic mass is 32.2. The summed E-state index contributed by atoms with van der Waals surface area (Å²) in [6, 6.07) is 6.88. The Morgan fingerprint density at radius 2 is 1.88 bits per heavy atom. The lowest BCUT2D eigenvalue weighted by Gasteiger charge is -2.36. The molecule has 0 unspecified atom stereocenters. The monoisotopic (exact) mass is 616 g/mol. The number of aromatic nitrogens is 2. The zero-order valence-electron chi connectivity index (χ0n) is 23.2. The number of H-pyrrole nitrogens is 1. The highest BCUT2D eigenvalue weighted by molar-refractivity contribution is 7.89. The van der Waals surface area contributed by atoms with Gasteiger partial charge in [0.25, 0.3) is 11.8 Å². The molecular weight excluding hydrogens is 586 g/mol. The average molecular weight is 617 g/mol. The van der Waals surface area contributed by atoms with Crippen molar-refractivity contribution in [1.82, 2.24) is 19.4 Å². The highest BCUT2D eigenvalue weighted by Gasteiger charge is 2.33. The summed E-state index contributed by atoms with van der Waals surface area (Å²) in [6.45, 7) is 1.85. The number of carbonyl (C=O) groups excluding carboxylic acids is 2. The van der Waals surface area contributed by atoms with Crippen LogP contribution in [0.2, 0.25) is 0 Å². The molecule has 2 aromatic carbocycles. The van der Waals surface area contributed by atoms with Crippen molar-refractivity contribution in [3.8, 4) is 5.75 Å². The Balaban J connectivity index is 1.23. The van der Waals surface area contributed by atoms with Gasteiger partial charge in [-0.25, -0.2) is 17.2 Å². The third-order valence-corrected chi connectivity index (χ3v) is 9.48. The average Bonchev–Trinajstić information content (AvgIpc) is 3.62. The molecule has 0 radical (unpaired) electrons. The first-order valence-electron chi connectivity index (χ1n) is 13.8. The second-order valence-corrected chi connectivity index (χ2v) is 12.8. The van der Waals surface area contributed by atoms with Crippen LogP contribution in [0.3, 0.4) is 0 Å². The first kappa shape index (κ1) is 29.2. The van der Waals surface area contributed by atoms with Gasteiger partial charge in [0.05, 0.1) is 16.1 Å². The number of likely N-dealkylation sites (tertiary alicyclic amines) is 1. The summed E-state index contributed by atoms with van der Waals surface area (Å²) in [4.78, 5) is 28.0. The normalized spacial score (nSPS) is 19.5. The molecule has 2 fully saturated rings. The lowest BCUT2D eigenvalue weighted by atomic mass is 10.1. The van der Waals surface area contributed by atoms with Crippen LogP contribution >= 0.6 is 0 Å². The van der Waals surface area contributed by atoms with E-state index in [0.717, 1.165) is 35.9 Å². The van der Waals surface area contributed by atoms with Gasteiger partial charge in [0.15, 0.2) is 5.82 Å². The van der Waals surface area contributed by atoms with Crippen LogP contribution in [0.4, 0.5) is 20.3 Å². The Labute approximate surface area is 246 Å². The van der Waals surface area contributed by atoms with Crippen LogP contribution in [0.5, 0.6) is 5.75 Å². The molecule has 228 valence electrons. The molecule has 15 heteroatoms. The molecule has 12 nitrogen and oxygen atoms in total. The van der Waals surface area contributed by atoms with Gasteiger partial charge in [-0.05, 0) is 44.2 Å². The molecule has 0 aliphatic carbocycles. The van der Waals surface area contributed by atoms with Gasteiger partial charge < -0.3 is 20.1 Å². The predicted molar refractivity (Wildman–Crippen MR) is 150 cm³/mol. The van der Waals surface area contributed by atoms with Crippen LogP contribution in [0.25, 0.3) is 0 Å². The first-order valence-corrected chi connectivity index (χ1v) is 15.3. The SMILES string of the molecule is CN1CC(Oc2ccc(C(=O)Nc3n[nH]c4c3CN(S(=O)(=O)c3cc(F)cc(F)c3)CC4)c(NC(=O)[C@H]3CCCO3)c2)C1. The number of likely N-dealkylation sites (N-methyl/N-ethyl adjacent to an activating group) is 1. The molecule has 3 aliphatic heterocycles. The van der Waals surface area contributed by atoms with Crippen molar-refractivity contribution in [2.75, 3.05) is 43.9 Å². The van der Waals surface area contributed by atoms with Crippen molar-refractivity contribution < 1.29 is 36.3 Å². The number of carbonyl (C=O) groups is 2. The number of ether oxygens (including phenoxy) is 2. The third-order valence-electron chi connectivity index (χ3n) is 7.65. The van der Waals surface area contributed by atoms with Crippen LogP contribution < -0.4 is 15.4 Å². The van der Waals surface area contributed by atoms with Crippen molar-refractivity contribution >= 4 is 33.3 Å². The van der Waals surface area contributed by atoms with E-state index in [2.05, 4.69) is 25.7 Å². The van der Waals surface area contributed by atoms with E-state index in [-0.39, 0.29) is 48.6 Å². The van der Waals surface area contributed by atoms with Crippen molar-refractivity contribution in [1.29, 1.82) is 0 Å². The molecule has 3 aliphatic rings. The number of halogens is 2. The fourth-order valence-electron chi connectivity index (χ4n) is 5.38. The number of nitrogens with zero attached hydrogens (tertiary/aromatic N) is 3. The number of benzene rings is 2. The molecule has 3 aromatic rings. The maximum Gasteiger partial charge on any atom is 0.258 e. The summed E-state index contributed by atoms with van der Waals surface area (Å²) in [6.07, 6.45) is 0.928. The summed E-state index contributed by atoms with van der Waals surface area (Å²) < 4.78 is 66.5. The summed E-state index contributed by atoms with van der Waals surface area (Å²) in [5.74, 6) is -2.40. The number of amides is 2. The Hall–Kier alpha value is -3.92. The highest BCUT2D eigenvalue weighted by Crippen LogP contribution is 2.31. The second kappa shape index (κ2) is 11.6. The van der Waals surface area contributed by atoms with E-state index in [1.54, 1.807) is 12.1 Å². The first-order chi connectivity index (χ1) is 20.6. The number of fused-ring (bicyclic) bond motifs is 1. The zero-order chi connectivity index (χ0) is 30.3. The summed E-state index contributed by atoms with van der Waals surface area (Å²) in [7, 11) is -2.27. The van der Waals surface area contributed by atoms with E-state index in [1.165, 1.54) is 6.07 Å². The minimum atomic E-state index is -4.25. The number of hydrogen-bond donors (Lipinski definition) is 3. The molecule has 0 bridgehead atoms. The molecule has 0 saturated carbocycles. The summed E-state index contributed by atoms with van der Waals surface area (Å²) >= 11 is 0. The van der Waals surface area contributed by atoms with Gasteiger partial charge in [-0.2, -0.15) is 9.40 Å². The molecule has 2 amide bonds. The minimum absolute atomic E-state index is 0.00920. The maximum atomic E-state index is 13.8. The Kier molecular flexibility index (Phi) is 7.89. The molecule has 0 spiro atoms. The molecular formula is C28H30F2N6O6S. The summed E-state index contributed by atoms with van der Waals surface area (Å²) in [5.41, 5.74) is 1.40. The van der Waals surface area contributed by atoms with E-state index in [0.29, 0.717) is 36.1 Å². The van der Waals surface area contributed by atoms with Crippen LogP contribution in [0.15, 0.2) is 41.3 Å². The van der Waals surface area contributed by atoms with Gasteiger partial charge in [0.1, 0.15) is 29.6 Å². The quantitative estimate of drug-likeness (QED) is 0.350. The lowest BCUT2D eigenvalue weighted by molar-refractivity contribution is -0.124. The van der Waals surface area contributed by atoms with Gasteiger partial charge in [-0.15, -0.1) is 0 Å². The molecule has 43 heavy (non-hydrogen) atoms. The van der Waals surface area contributed by atoms with Gasteiger partial charge in [-0.3, -0.25) is 19.6 Å². The molecule has 6 rings (SSSR count). The van der Waals surface area contributed by atoms with E-state index in [1.807, 2.05) is 7.05 Å². The Morgan fingerprint density at radius 1 is 1.12 bits per heavy atom. The minimum Gasteiger partial charge on any atom is -0.488 e. The number of nitrogens with one attached hydrogen (secondary N) is 3. The largest absolute Gasteiger partial charge is 0.488 e. The molecule has 3 N–H and O–H groups in total. The number of rotatable bonds is 8. The molecule has 1 atom stereocenters. The standard InChI is InChI=1S/C28H30F2N6O6S/c1-35-13-19(14-35)42-18-4-5-21(24(12-18)31-28(38)25-3-2-8-41-25)27(37)32-26-22-15-36(7-6-23(22)33-34-26)43(39,40)20-10-16(29)9-17(30)11-20/h4-5,9-12,19,25H,2-3,6-8,13-15H2,1H3,(H,31,38)(H2,32,33,34,37)/t25-/m1/s1. The fraction of sp³-hybridized carbons (Fsp3) is 0.393. The van der Waals surface area contributed by atoms with Gasteiger partial charge in [0, 0.05) is 62.6 Å². The van der Waals surface area contributed by atoms with Crippen molar-refractivity contribution in [2.24, 2.45) is 0 Å². The number of anilines is 2. The predicted octanol–water partition coefficient (Wildman–Crippen LogP) is 2.50. The van der Waals surface area contributed by atoms with Crippen molar-refractivity contribution in [2.45, 2.75) is 42.9 Å². The van der Waals surface area contributed by atoms with E-state index in [4.69, 9.17) is 9.47 Å². The number of sulfonamides is 1. The van der Waals surface area contributed by atoms with E-state index >= 15 is 0 Å². The van der Waals surface area contributed by atoms with Crippen LogP contribution in [-0.2, 0) is 32.5 Å². The Bertz CT molecular complexity index is 1650. The molecule has 2 saturated heterocycles. The smallest absolute Gasteiger partial charge is 0.258 e. The maximum absolute atomic E-state index is 13.8. The van der Waals surface area contributed by atoms with Crippen LogP contribution in [-0.4, -0.2) is 85.1 Å². The lowest BCUT2D eigenvalue weighted by Crippen LogP contribution is -2.51. The van der Waals surface area contributed by atoms with Crippen molar-refractivity contribution in [3.63, 3.8) is 0 Å². The zero-order valence-corrected chi connectivity index (χ0v) is 24.0. The van der Waals surface area contributed by atoms with Crippen LogP contribution in [0, 0.1) is 11.6 Å². The molecule has 1 aromatic heterocycles. The van der Waals surface area contributed by atoms with Gasteiger partial charge in [-0.1, -0.05) is 0 Å². The number of hydrogen-bond acceptors (Lipinski definition) is 8. The second-order valence-electron chi connectivity index (χ2n) is 10.8. The van der Waals surface area contributed by atoms with Gasteiger partial charge >= 0.3 is 0 Å². The fourth-order valence-corrected chi connectivity index (χ4v) is 6.84. The van der Waals surface area contributed by atoms with Crippen molar-refractivity contribution in [3.05, 3.63) is 64.9 Å². The Morgan fingerprint density at radius 3 is 2.58 bits per heavy atom. The topological polar surface area (TPSA) is 146 Å². The molecule has 4 heterocycles. The van der Waals surface area contributed by atoms with E-state index < -0.39 is 38.6 Å². The summed E-state index contributed by atoms with van der Waals surface area (Å²) in [5, 5.41) is 12.5. The number of aromatic amines is 1. The van der Waals surface area contributed by atoms with Crippen LogP contribution in [0.1, 0.15) is 34.5 Å². The third kappa shape index (κ3) is 6.11. The van der Waals surface area contributed by atoms with Gasteiger partial charge in [0.2, 0.25) is 10.0 Å². The van der Waals surface area contributed by atoms with E-state index in [9.17, 15) is 26.8 Å².